The molecule has 5 rings (SSSR count). The van der Waals surface area contributed by atoms with Crippen LogP contribution in [0.15, 0.2) is 80.4 Å². The highest BCUT2D eigenvalue weighted by Crippen LogP contribution is 2.31. The van der Waals surface area contributed by atoms with Crippen molar-refractivity contribution in [2.75, 3.05) is 5.32 Å². The van der Waals surface area contributed by atoms with E-state index in [4.69, 9.17) is 4.42 Å². The number of benzene rings is 3. The zero-order valence-corrected chi connectivity index (χ0v) is 16.8. The lowest BCUT2D eigenvalue weighted by molar-refractivity contribution is 0.563. The van der Waals surface area contributed by atoms with Crippen LogP contribution in [0.2, 0.25) is 0 Å². The van der Waals surface area contributed by atoms with E-state index in [0.717, 1.165) is 26.3 Å². The third-order valence-corrected chi connectivity index (χ3v) is 5.75. The van der Waals surface area contributed by atoms with Gasteiger partial charge in [-0.25, -0.2) is 4.79 Å². The van der Waals surface area contributed by atoms with Gasteiger partial charge in [-0.2, -0.15) is 0 Å². The zero-order chi connectivity index (χ0) is 19.1. The molecule has 0 fully saturated rings. The van der Waals surface area contributed by atoms with E-state index in [-0.39, 0.29) is 0 Å². The van der Waals surface area contributed by atoms with Crippen LogP contribution >= 0.6 is 27.3 Å². The average molecular weight is 450 g/mol. The number of anilines is 2. The van der Waals surface area contributed by atoms with E-state index in [1.54, 1.807) is 12.1 Å². The molecule has 0 bridgehead atoms. The lowest BCUT2D eigenvalue weighted by Gasteiger charge is -2.06. The quantitative estimate of drug-likeness (QED) is 0.343. The summed E-state index contributed by atoms with van der Waals surface area (Å²) in [6, 6.07) is 21.4. The first-order valence-corrected chi connectivity index (χ1v) is 10.1. The van der Waals surface area contributed by atoms with Crippen molar-refractivity contribution >= 4 is 59.8 Å². The normalized spacial score (nSPS) is 11.2. The minimum absolute atomic E-state index is 0.397. The van der Waals surface area contributed by atoms with E-state index < -0.39 is 5.63 Å². The lowest BCUT2D eigenvalue weighted by atomic mass is 10.1. The molecular weight excluding hydrogens is 438 g/mol. The van der Waals surface area contributed by atoms with E-state index in [0.29, 0.717) is 21.3 Å². The maximum Gasteiger partial charge on any atom is 0.346 e. The van der Waals surface area contributed by atoms with E-state index in [2.05, 4.69) is 49.6 Å². The van der Waals surface area contributed by atoms with Crippen LogP contribution in [0.3, 0.4) is 0 Å². The van der Waals surface area contributed by atoms with Crippen molar-refractivity contribution in [1.29, 1.82) is 0 Å². The first kappa shape index (κ1) is 17.1. The van der Waals surface area contributed by atoms with Gasteiger partial charge in [0.25, 0.3) is 0 Å². The predicted molar refractivity (Wildman–Crippen MR) is 116 cm³/mol. The summed E-state index contributed by atoms with van der Waals surface area (Å²) in [7, 11) is 0. The molecule has 0 aliphatic rings. The van der Waals surface area contributed by atoms with Gasteiger partial charge >= 0.3 is 5.63 Å². The van der Waals surface area contributed by atoms with Gasteiger partial charge < -0.3 is 9.73 Å². The summed E-state index contributed by atoms with van der Waals surface area (Å²) < 4.78 is 6.34. The Morgan fingerprint density at radius 2 is 1.79 bits per heavy atom. The number of hydrogen-bond acceptors (Lipinski definition) is 6. The van der Waals surface area contributed by atoms with Crippen molar-refractivity contribution in [1.82, 2.24) is 10.2 Å². The van der Waals surface area contributed by atoms with Crippen molar-refractivity contribution in [3.05, 3.63) is 81.6 Å². The van der Waals surface area contributed by atoms with Crippen molar-refractivity contribution in [3.63, 3.8) is 0 Å². The van der Waals surface area contributed by atoms with Crippen LogP contribution in [-0.4, -0.2) is 10.2 Å². The molecule has 3 aromatic carbocycles. The van der Waals surface area contributed by atoms with Gasteiger partial charge in [0.2, 0.25) is 5.13 Å². The molecule has 0 spiro atoms. The molecular formula is C21H12BrN3O2S. The summed E-state index contributed by atoms with van der Waals surface area (Å²) in [6.45, 7) is 0. The van der Waals surface area contributed by atoms with Crippen LogP contribution in [0, 0.1) is 0 Å². The molecule has 5 aromatic rings. The first-order valence-electron chi connectivity index (χ1n) is 8.49. The Kier molecular flexibility index (Phi) is 4.18. The second-order valence-electron chi connectivity index (χ2n) is 6.19. The summed E-state index contributed by atoms with van der Waals surface area (Å²) >= 11 is 4.75. The number of aromatic nitrogens is 2. The number of rotatable bonds is 3. The van der Waals surface area contributed by atoms with Gasteiger partial charge in [-0.3, -0.25) is 0 Å². The lowest BCUT2D eigenvalue weighted by Crippen LogP contribution is -2.02. The molecule has 0 saturated heterocycles. The highest BCUT2D eigenvalue weighted by molar-refractivity contribution is 9.10. The van der Waals surface area contributed by atoms with Gasteiger partial charge in [-0.1, -0.05) is 63.7 Å². The monoisotopic (exact) mass is 449 g/mol. The minimum Gasteiger partial charge on any atom is -0.422 e. The van der Waals surface area contributed by atoms with E-state index in [1.165, 1.54) is 11.3 Å². The van der Waals surface area contributed by atoms with Crippen LogP contribution in [0.5, 0.6) is 0 Å². The summed E-state index contributed by atoms with van der Waals surface area (Å²) in [5.74, 6) is 0. The van der Waals surface area contributed by atoms with Gasteiger partial charge in [0, 0.05) is 20.9 Å². The molecule has 7 heteroatoms. The van der Waals surface area contributed by atoms with Crippen LogP contribution in [-0.2, 0) is 0 Å². The predicted octanol–water partition coefficient (Wildman–Crippen LogP) is 5.97. The molecule has 0 radical (unpaired) electrons. The Bertz CT molecular complexity index is 1390. The third kappa shape index (κ3) is 3.08. The second-order valence-corrected chi connectivity index (χ2v) is 8.09. The summed E-state index contributed by atoms with van der Waals surface area (Å²) in [4.78, 5) is 12.4. The van der Waals surface area contributed by atoms with Gasteiger partial charge in [0.05, 0.1) is 5.56 Å². The molecule has 0 aliphatic heterocycles. The molecule has 0 aliphatic carbocycles. The van der Waals surface area contributed by atoms with E-state index in [1.807, 2.05) is 36.4 Å². The Balaban J connectivity index is 1.53. The molecule has 1 N–H and O–H groups in total. The van der Waals surface area contributed by atoms with Gasteiger partial charge in [0.1, 0.15) is 5.58 Å². The van der Waals surface area contributed by atoms with Crippen LogP contribution in [0.1, 0.15) is 0 Å². The smallest absolute Gasteiger partial charge is 0.346 e. The average Bonchev–Trinajstić information content (AvgIpc) is 3.16. The molecule has 0 atom stereocenters. The Morgan fingerprint density at radius 3 is 2.71 bits per heavy atom. The van der Waals surface area contributed by atoms with Crippen LogP contribution in [0.25, 0.3) is 32.3 Å². The Labute approximate surface area is 171 Å². The standard InChI is InChI=1S/C21H12BrN3O2S/c22-14-8-9-18-13(10-14)11-16(20(26)27-18)19-24-25-21(28-19)23-17-7-3-5-12-4-1-2-6-15(12)17/h1-11H,(H,23,25). The summed E-state index contributed by atoms with van der Waals surface area (Å²) in [5.41, 5.74) is 1.45. The third-order valence-electron chi connectivity index (χ3n) is 4.38. The second kappa shape index (κ2) is 6.85. The number of nitrogens with zero attached hydrogens (tertiary/aromatic N) is 2. The number of hydrogen-bond donors (Lipinski definition) is 1. The topological polar surface area (TPSA) is 68.0 Å². The SMILES string of the molecule is O=c1oc2ccc(Br)cc2cc1-c1nnc(Nc2cccc3ccccc23)s1. The van der Waals surface area contributed by atoms with E-state index >= 15 is 0 Å². The molecule has 0 saturated carbocycles. The number of fused-ring (bicyclic) bond motifs is 2. The number of nitrogens with one attached hydrogen (secondary N) is 1. The largest absolute Gasteiger partial charge is 0.422 e. The van der Waals surface area contributed by atoms with Crippen molar-refractivity contribution in [2.24, 2.45) is 0 Å². The zero-order valence-electron chi connectivity index (χ0n) is 14.3. The molecule has 28 heavy (non-hydrogen) atoms. The van der Waals surface area contributed by atoms with Crippen LogP contribution < -0.4 is 10.9 Å². The number of halogens is 1. The Morgan fingerprint density at radius 1 is 0.929 bits per heavy atom. The minimum atomic E-state index is -0.428. The molecule has 5 nitrogen and oxygen atoms in total. The van der Waals surface area contributed by atoms with E-state index in [9.17, 15) is 4.79 Å². The first-order chi connectivity index (χ1) is 13.7. The van der Waals surface area contributed by atoms with Crippen molar-refractivity contribution in [2.45, 2.75) is 0 Å². The summed E-state index contributed by atoms with van der Waals surface area (Å²) in [6.07, 6.45) is 0. The van der Waals surface area contributed by atoms with Crippen LogP contribution in [0.4, 0.5) is 10.8 Å². The van der Waals surface area contributed by atoms with Crippen molar-refractivity contribution in [3.8, 4) is 10.6 Å². The molecule has 0 unspecified atom stereocenters. The highest BCUT2D eigenvalue weighted by atomic mass is 79.9. The molecule has 0 amide bonds. The fourth-order valence-corrected chi connectivity index (χ4v) is 4.21. The molecule has 2 heterocycles. The van der Waals surface area contributed by atoms with Gasteiger partial charge in [-0.15, -0.1) is 10.2 Å². The Hall–Kier alpha value is -3.03. The fraction of sp³-hybridized carbons (Fsp3) is 0. The summed E-state index contributed by atoms with van der Waals surface area (Å²) in [5, 5.41) is 15.9. The van der Waals surface area contributed by atoms with Gasteiger partial charge in [0.15, 0.2) is 5.01 Å². The fourth-order valence-electron chi connectivity index (χ4n) is 3.08. The molecule has 136 valence electrons. The molecule has 2 aromatic heterocycles. The highest BCUT2D eigenvalue weighted by Gasteiger charge is 2.14. The van der Waals surface area contributed by atoms with Gasteiger partial charge in [-0.05, 0) is 35.7 Å². The van der Waals surface area contributed by atoms with Crippen molar-refractivity contribution < 1.29 is 4.42 Å². The maximum absolute atomic E-state index is 12.4. The maximum atomic E-state index is 12.4.